The van der Waals surface area contributed by atoms with Crippen LogP contribution in [0.4, 0.5) is 45.5 Å². The second kappa shape index (κ2) is 16.8. The van der Waals surface area contributed by atoms with Gasteiger partial charge >= 0.3 is 0 Å². The number of rotatable bonds is 11. The average molecular weight is 909 g/mol. The van der Waals surface area contributed by atoms with Crippen molar-refractivity contribution in [2.45, 2.75) is 28.5 Å². The van der Waals surface area contributed by atoms with Crippen molar-refractivity contribution in [1.82, 2.24) is 0 Å². The van der Waals surface area contributed by atoms with Gasteiger partial charge in [0.15, 0.2) is 5.75 Å². The first-order valence-electron chi connectivity index (χ1n) is 18.1. The van der Waals surface area contributed by atoms with E-state index >= 15 is 0 Å². The minimum absolute atomic E-state index is 0.0637. The third kappa shape index (κ3) is 9.75. The molecule has 0 unspecified atom stereocenters. The molecule has 0 saturated carbocycles. The number of nitrogens with one attached hydrogen (secondary N) is 1. The highest BCUT2D eigenvalue weighted by Crippen LogP contribution is 2.44. The van der Waals surface area contributed by atoms with Gasteiger partial charge in [-0.3, -0.25) is 18.5 Å². The number of aromatic hydroxyl groups is 1. The van der Waals surface area contributed by atoms with E-state index < -0.39 is 57.5 Å². The lowest BCUT2D eigenvalue weighted by Crippen LogP contribution is -2.11. The molecule has 0 heterocycles. The largest absolute Gasteiger partial charge is 0.505 e. The molecule has 0 aliphatic rings. The van der Waals surface area contributed by atoms with Gasteiger partial charge in [0.05, 0.1) is 38.2 Å². The van der Waals surface area contributed by atoms with Crippen LogP contribution >= 0.6 is 0 Å². The summed E-state index contributed by atoms with van der Waals surface area (Å²) in [7, 11) is -14.2. The molecular formula is C41H32N8O11S3. The van der Waals surface area contributed by atoms with E-state index in [-0.39, 0.29) is 43.5 Å². The van der Waals surface area contributed by atoms with Crippen molar-refractivity contribution < 1.29 is 48.8 Å². The van der Waals surface area contributed by atoms with E-state index in [1.807, 2.05) is 0 Å². The lowest BCUT2D eigenvalue weighted by Gasteiger charge is -2.11. The Morgan fingerprint density at radius 1 is 0.540 bits per heavy atom. The second-order valence-corrected chi connectivity index (χ2v) is 18.1. The summed E-state index contributed by atoms with van der Waals surface area (Å²) in [5, 5.41) is 39.8. The normalized spacial score (nSPS) is 12.6. The van der Waals surface area contributed by atoms with Crippen LogP contribution in [-0.2, 0) is 30.4 Å². The number of carbonyl (C=O) groups excluding carboxylic acids is 1. The summed E-state index contributed by atoms with van der Waals surface area (Å²) in [4.78, 5) is 11.2. The van der Waals surface area contributed by atoms with Crippen LogP contribution in [0.2, 0.25) is 0 Å². The second-order valence-electron chi connectivity index (χ2n) is 13.8. The van der Waals surface area contributed by atoms with Crippen molar-refractivity contribution >= 4 is 103 Å². The number of hydrogen-bond donors (Lipinski definition) is 6. The van der Waals surface area contributed by atoms with Crippen molar-refractivity contribution in [3.8, 4) is 5.75 Å². The molecule has 0 spiro atoms. The molecule has 63 heavy (non-hydrogen) atoms. The Hall–Kier alpha value is -7.34. The summed E-state index contributed by atoms with van der Waals surface area (Å²) in [5.74, 6) is -1.19. The van der Waals surface area contributed by atoms with Crippen LogP contribution in [-0.4, -0.2) is 49.9 Å². The number of phenols is 1. The molecule has 0 aliphatic carbocycles. The van der Waals surface area contributed by atoms with E-state index in [1.54, 1.807) is 38.1 Å². The van der Waals surface area contributed by atoms with Crippen LogP contribution in [0.5, 0.6) is 5.75 Å². The third-order valence-corrected chi connectivity index (χ3v) is 12.0. The molecule has 7 aromatic carbocycles. The number of nitrogens with two attached hydrogens (primary N) is 1. The smallest absolute Gasteiger partial charge is 0.296 e. The predicted molar refractivity (Wildman–Crippen MR) is 233 cm³/mol. The van der Waals surface area contributed by atoms with Crippen LogP contribution in [0, 0.1) is 13.8 Å². The van der Waals surface area contributed by atoms with E-state index in [1.165, 1.54) is 72.8 Å². The Balaban J connectivity index is 1.22. The first-order valence-corrected chi connectivity index (χ1v) is 22.4. The van der Waals surface area contributed by atoms with Crippen LogP contribution in [0.1, 0.15) is 21.5 Å². The zero-order valence-corrected chi connectivity index (χ0v) is 35.1. The van der Waals surface area contributed by atoms with Crippen molar-refractivity contribution in [1.29, 1.82) is 0 Å². The Morgan fingerprint density at radius 3 is 1.68 bits per heavy atom. The molecule has 0 aliphatic heterocycles. The molecule has 7 aromatic rings. The molecule has 0 aromatic heterocycles. The topological polar surface area (TPSA) is 313 Å². The predicted octanol–water partition coefficient (Wildman–Crippen LogP) is 10.1. The summed E-state index contributed by atoms with van der Waals surface area (Å²) in [6, 6.07) is 26.3. The zero-order valence-electron chi connectivity index (χ0n) is 32.6. The summed E-state index contributed by atoms with van der Waals surface area (Å²) < 4.78 is 102. The van der Waals surface area contributed by atoms with Gasteiger partial charge in [0.2, 0.25) is 0 Å². The third-order valence-electron chi connectivity index (χ3n) is 9.44. The average Bonchev–Trinajstić information content (AvgIpc) is 3.22. The molecule has 0 fully saturated rings. The molecule has 19 nitrogen and oxygen atoms in total. The number of fused-ring (bicyclic) bond motifs is 2. The van der Waals surface area contributed by atoms with Gasteiger partial charge in [-0.1, -0.05) is 6.07 Å². The van der Waals surface area contributed by atoms with Crippen molar-refractivity contribution in [2.75, 3.05) is 11.1 Å². The van der Waals surface area contributed by atoms with E-state index in [0.29, 0.717) is 39.4 Å². The highest BCUT2D eigenvalue weighted by Gasteiger charge is 2.23. The molecule has 0 saturated heterocycles. The number of carbonyl (C=O) groups is 1. The minimum atomic E-state index is -5.07. The number of azo groups is 3. The molecule has 0 radical (unpaired) electrons. The number of anilines is 2. The van der Waals surface area contributed by atoms with Crippen molar-refractivity contribution in [3.05, 3.63) is 132 Å². The molecule has 7 rings (SSSR count). The van der Waals surface area contributed by atoms with Gasteiger partial charge < -0.3 is 16.2 Å². The number of amides is 1. The number of nitrogen functional groups attached to an aromatic ring is 1. The first-order chi connectivity index (χ1) is 29.7. The van der Waals surface area contributed by atoms with Gasteiger partial charge in [-0.15, -0.1) is 15.3 Å². The number of nitrogens with zero attached hydrogens (tertiary/aromatic N) is 6. The van der Waals surface area contributed by atoms with Crippen LogP contribution < -0.4 is 11.1 Å². The number of aryl methyl sites for hydroxylation is 2. The van der Waals surface area contributed by atoms with Crippen molar-refractivity contribution in [3.63, 3.8) is 0 Å². The molecule has 0 bridgehead atoms. The molecule has 0 atom stereocenters. The standard InChI is InChI=1S/C41H32N8O11S3/c1-22-18-37(23(2)17-36(22)47-44-27-7-10-29(11-8-27)61(52,53)54)48-45-34-15-16-35(33-21-30(62(55,56)57)12-14-32(33)34)46-49-39-38(63(58,59)60)20-25-19-28(9-13-31(25)40(39)50)43-41(51)24-3-5-26(42)6-4-24/h3-21,50H,42H2,1-2H3,(H,43,51)(H,52,53,54)(H,55,56,57)(H,58,59,60). The van der Waals surface area contributed by atoms with Gasteiger partial charge in [-0.05, 0) is 140 Å². The lowest BCUT2D eigenvalue weighted by atomic mass is 10.1. The Kier molecular flexibility index (Phi) is 11.7. The number of benzene rings is 7. The number of phenolic OH excluding ortho intramolecular Hbond substituents is 1. The van der Waals surface area contributed by atoms with Crippen molar-refractivity contribution in [2.24, 2.45) is 30.7 Å². The monoisotopic (exact) mass is 908 g/mol. The van der Waals surface area contributed by atoms with Crippen LogP contribution in [0.3, 0.4) is 0 Å². The van der Waals surface area contributed by atoms with Gasteiger partial charge in [0.1, 0.15) is 10.6 Å². The maximum Gasteiger partial charge on any atom is 0.296 e. The molecule has 320 valence electrons. The maximum atomic E-state index is 12.8. The van der Waals surface area contributed by atoms with Crippen LogP contribution in [0.15, 0.2) is 161 Å². The Morgan fingerprint density at radius 2 is 1.08 bits per heavy atom. The molecule has 22 heteroatoms. The summed E-state index contributed by atoms with van der Waals surface area (Å²) >= 11 is 0. The van der Waals surface area contributed by atoms with Crippen LogP contribution in [0.25, 0.3) is 21.5 Å². The zero-order chi connectivity index (χ0) is 45.4. The van der Waals surface area contributed by atoms with Gasteiger partial charge in [0, 0.05) is 33.1 Å². The first kappa shape index (κ1) is 43.7. The van der Waals surface area contributed by atoms with Gasteiger partial charge in [-0.25, -0.2) is 0 Å². The molecule has 7 N–H and O–H groups in total. The quantitative estimate of drug-likeness (QED) is 0.0401. The fraction of sp³-hybridized carbons (Fsp3) is 0.0488. The van der Waals surface area contributed by atoms with E-state index in [9.17, 15) is 48.8 Å². The van der Waals surface area contributed by atoms with E-state index in [4.69, 9.17) is 5.73 Å². The summed E-state index contributed by atoms with van der Waals surface area (Å²) in [5.41, 5.74) is 8.68. The minimum Gasteiger partial charge on any atom is -0.505 e. The lowest BCUT2D eigenvalue weighted by molar-refractivity contribution is 0.102. The molecule has 1 amide bonds. The maximum absolute atomic E-state index is 12.8. The summed E-state index contributed by atoms with van der Waals surface area (Å²) in [6.07, 6.45) is 0. The highest BCUT2D eigenvalue weighted by atomic mass is 32.2. The van der Waals surface area contributed by atoms with E-state index in [0.717, 1.165) is 18.2 Å². The van der Waals surface area contributed by atoms with Gasteiger partial charge in [0.25, 0.3) is 36.3 Å². The molecular weight excluding hydrogens is 877 g/mol. The van der Waals surface area contributed by atoms with Gasteiger partial charge in [-0.2, -0.15) is 40.6 Å². The Bertz CT molecular complexity index is 3450. The number of hydrogen-bond acceptors (Lipinski definition) is 15. The fourth-order valence-corrected chi connectivity index (χ4v) is 7.85. The summed E-state index contributed by atoms with van der Waals surface area (Å²) in [6.45, 7) is 3.50. The highest BCUT2D eigenvalue weighted by molar-refractivity contribution is 7.86. The Labute approximate surface area is 358 Å². The van der Waals surface area contributed by atoms with E-state index in [2.05, 4.69) is 36.0 Å². The fourth-order valence-electron chi connectivity index (χ4n) is 6.20. The SMILES string of the molecule is Cc1cc(N=Nc2ccc(N=Nc3c(S(=O)(=O)O)cc4cc(NC(=O)c5ccc(N)cc5)ccc4c3O)c3cc(S(=O)(=O)O)ccc23)c(C)cc1N=Nc1ccc(S(=O)(=O)O)cc1.